The van der Waals surface area contributed by atoms with Gasteiger partial charge in [-0.3, -0.25) is 0 Å². The van der Waals surface area contributed by atoms with Crippen LogP contribution >= 0.6 is 8.60 Å². The summed E-state index contributed by atoms with van der Waals surface area (Å²) in [4.78, 5) is 19.3. The molecule has 0 aliphatic heterocycles. The van der Waals surface area contributed by atoms with E-state index in [0.29, 0.717) is 17.2 Å². The Morgan fingerprint density at radius 2 is 0.977 bits per heavy atom. The molecular weight excluding hydrogens is 555 g/mol. The molecule has 0 bridgehead atoms. The van der Waals surface area contributed by atoms with Crippen LogP contribution in [0.3, 0.4) is 0 Å². The van der Waals surface area contributed by atoms with Crippen molar-refractivity contribution in [1.82, 2.24) is 0 Å². The maximum Gasteiger partial charge on any atom is 0.391 e. The molecule has 1 unspecified atom stereocenters. The number of rotatable bonds is 7. The van der Waals surface area contributed by atoms with E-state index in [2.05, 4.69) is 101 Å². The van der Waals surface area contributed by atoms with E-state index in [9.17, 15) is 20.0 Å². The number of benzene rings is 3. The van der Waals surface area contributed by atoms with Crippen molar-refractivity contribution < 1.29 is 24.5 Å². The second kappa shape index (κ2) is 12.4. The molecule has 3 aromatic carbocycles. The molecule has 0 aliphatic rings. The van der Waals surface area contributed by atoms with Gasteiger partial charge in [-0.1, -0.05) is 87.4 Å². The van der Waals surface area contributed by atoms with Crippen LogP contribution in [0.2, 0.25) is 0 Å². The summed E-state index contributed by atoms with van der Waals surface area (Å²) in [6.45, 7) is 27.4. The van der Waals surface area contributed by atoms with Crippen LogP contribution in [0.1, 0.15) is 138 Å². The van der Waals surface area contributed by atoms with E-state index in [0.717, 1.165) is 39.8 Å². The van der Waals surface area contributed by atoms with E-state index in [4.69, 9.17) is 4.52 Å². The molecule has 236 valence electrons. The smallest absolute Gasteiger partial charge is 0.391 e. The van der Waals surface area contributed by atoms with Crippen molar-refractivity contribution in [2.45, 2.75) is 125 Å². The second-order valence-corrected chi connectivity index (χ2v) is 16.1. The van der Waals surface area contributed by atoms with Crippen LogP contribution in [0.5, 0.6) is 17.2 Å². The molecule has 0 saturated carbocycles. The fourth-order valence-corrected chi connectivity index (χ4v) is 6.58. The van der Waals surface area contributed by atoms with Gasteiger partial charge in [-0.25, -0.2) is 0 Å². The zero-order chi connectivity index (χ0) is 32.8. The molecule has 0 aromatic heterocycles. The van der Waals surface area contributed by atoms with Gasteiger partial charge in [-0.2, -0.15) is 0 Å². The molecule has 4 N–H and O–H groups in total. The van der Waals surface area contributed by atoms with Crippen LogP contribution in [0.15, 0.2) is 36.4 Å². The molecule has 0 fully saturated rings. The summed E-state index contributed by atoms with van der Waals surface area (Å²) in [6.07, 6.45) is 0.793. The van der Waals surface area contributed by atoms with E-state index in [1.54, 1.807) is 0 Å². The summed E-state index contributed by atoms with van der Waals surface area (Å²) < 4.78 is 5.48. The summed E-state index contributed by atoms with van der Waals surface area (Å²) in [5.74, 6) is 1.25. The molecule has 5 nitrogen and oxygen atoms in total. The third-order valence-electron chi connectivity index (χ3n) is 8.61. The average Bonchev–Trinajstić information content (AvgIpc) is 2.80. The van der Waals surface area contributed by atoms with Gasteiger partial charge in [0.15, 0.2) is 0 Å². The van der Waals surface area contributed by atoms with Gasteiger partial charge in [-0.15, -0.1) is 0 Å². The van der Waals surface area contributed by atoms with Gasteiger partial charge < -0.3 is 24.5 Å². The normalized spacial score (nSPS) is 13.6. The van der Waals surface area contributed by atoms with Gasteiger partial charge in [0.1, 0.15) is 17.2 Å². The number of hydrogen-bond donors (Lipinski definition) is 4. The van der Waals surface area contributed by atoms with Crippen LogP contribution in [-0.4, -0.2) is 20.0 Å². The van der Waals surface area contributed by atoms with Crippen molar-refractivity contribution in [1.29, 1.82) is 0 Å². The molecule has 0 aliphatic carbocycles. The molecule has 0 radical (unpaired) electrons. The van der Waals surface area contributed by atoms with Gasteiger partial charge in [0, 0.05) is 11.5 Å². The van der Waals surface area contributed by atoms with Crippen molar-refractivity contribution in [3.05, 3.63) is 86.5 Å². The lowest BCUT2D eigenvalue weighted by atomic mass is 9.74. The summed E-state index contributed by atoms with van der Waals surface area (Å²) in [7, 11) is -2.53. The number of phenolic OH excluding ortho intramolecular Hbond substituents is 2. The molecule has 0 amide bonds. The molecule has 6 heteroatoms. The zero-order valence-corrected chi connectivity index (χ0v) is 29.4. The SMILES string of the molecule is Cc1cc(OP(O)O)c(C(C)(C)C)cc1C(C)CC(c1cc(C(C)(C)C)c(O)cc1C)c1cc(C(C)(C)C)c(O)cc1C. The van der Waals surface area contributed by atoms with E-state index in [1.807, 2.05) is 25.1 Å². The van der Waals surface area contributed by atoms with E-state index >= 15 is 0 Å². The van der Waals surface area contributed by atoms with Crippen molar-refractivity contribution in [2.24, 2.45) is 0 Å². The lowest BCUT2D eigenvalue weighted by Crippen LogP contribution is -2.17. The summed E-state index contributed by atoms with van der Waals surface area (Å²) in [6, 6.07) is 12.2. The number of aromatic hydroxyl groups is 2. The molecule has 1 atom stereocenters. The molecule has 3 aromatic rings. The summed E-state index contributed by atoms with van der Waals surface area (Å²) >= 11 is 0. The highest BCUT2D eigenvalue weighted by Gasteiger charge is 2.30. The number of phenols is 2. The zero-order valence-electron chi connectivity index (χ0n) is 28.5. The first-order chi connectivity index (χ1) is 19.5. The summed E-state index contributed by atoms with van der Waals surface area (Å²) in [5.41, 5.74) is 8.61. The Bertz CT molecular complexity index is 1400. The fraction of sp³-hybridized carbons (Fsp3) is 0.514. The lowest BCUT2D eigenvalue weighted by Gasteiger charge is -2.31. The Hall–Kier alpha value is -2.59. The van der Waals surface area contributed by atoms with E-state index in [1.165, 1.54) is 16.7 Å². The maximum atomic E-state index is 11.0. The van der Waals surface area contributed by atoms with Crippen LogP contribution in [0.25, 0.3) is 0 Å². The van der Waals surface area contributed by atoms with Gasteiger partial charge in [0.05, 0.1) is 0 Å². The van der Waals surface area contributed by atoms with Crippen molar-refractivity contribution in [2.75, 3.05) is 0 Å². The number of aryl methyl sites for hydroxylation is 3. The van der Waals surface area contributed by atoms with Crippen molar-refractivity contribution in [3.8, 4) is 17.2 Å². The van der Waals surface area contributed by atoms with Crippen LogP contribution in [-0.2, 0) is 16.2 Å². The topological polar surface area (TPSA) is 90.2 Å². The Kier molecular flexibility index (Phi) is 10.1. The maximum absolute atomic E-state index is 11.0. The van der Waals surface area contributed by atoms with E-state index in [-0.39, 0.29) is 28.1 Å². The largest absolute Gasteiger partial charge is 0.508 e. The van der Waals surface area contributed by atoms with Crippen LogP contribution < -0.4 is 4.52 Å². The minimum absolute atomic E-state index is 0.00506. The molecule has 0 heterocycles. The second-order valence-electron chi connectivity index (χ2n) is 15.4. The summed E-state index contributed by atoms with van der Waals surface area (Å²) in [5, 5.41) is 21.9. The van der Waals surface area contributed by atoms with Crippen molar-refractivity contribution in [3.63, 3.8) is 0 Å². The van der Waals surface area contributed by atoms with Gasteiger partial charge in [0.2, 0.25) is 0 Å². The highest BCUT2D eigenvalue weighted by atomic mass is 31.2. The first kappa shape index (κ1) is 34.9. The van der Waals surface area contributed by atoms with Gasteiger partial charge in [-0.05, 0) is 112 Å². The highest BCUT2D eigenvalue weighted by molar-refractivity contribution is 7.39. The first-order valence-electron chi connectivity index (χ1n) is 15.2. The third kappa shape index (κ3) is 7.93. The Labute approximate surface area is 261 Å². The van der Waals surface area contributed by atoms with E-state index < -0.39 is 8.60 Å². The Morgan fingerprint density at radius 3 is 1.35 bits per heavy atom. The third-order valence-corrected chi connectivity index (χ3v) is 8.97. The predicted octanol–water partition coefficient (Wildman–Crippen LogP) is 9.83. The molecule has 0 saturated heterocycles. The van der Waals surface area contributed by atoms with Gasteiger partial charge in [0.25, 0.3) is 0 Å². The van der Waals surface area contributed by atoms with Crippen LogP contribution in [0.4, 0.5) is 0 Å². The van der Waals surface area contributed by atoms with Gasteiger partial charge >= 0.3 is 8.60 Å². The highest BCUT2D eigenvalue weighted by Crippen LogP contribution is 2.46. The molecule has 0 spiro atoms. The quantitative estimate of drug-likeness (QED) is 0.201. The molecule has 43 heavy (non-hydrogen) atoms. The lowest BCUT2D eigenvalue weighted by molar-refractivity contribution is 0.369. The first-order valence-corrected chi connectivity index (χ1v) is 16.4. The van der Waals surface area contributed by atoms with Crippen molar-refractivity contribution >= 4 is 8.60 Å². The Morgan fingerprint density at radius 1 is 0.605 bits per heavy atom. The fourth-order valence-electron chi connectivity index (χ4n) is 6.25. The molecular formula is C37H53O5P. The number of hydrogen-bond acceptors (Lipinski definition) is 5. The minimum atomic E-state index is -2.53. The predicted molar refractivity (Wildman–Crippen MR) is 180 cm³/mol. The monoisotopic (exact) mass is 608 g/mol. The van der Waals surface area contributed by atoms with Crippen LogP contribution in [0, 0.1) is 20.8 Å². The standard InChI is InChI=1S/C37H53O5P/c1-21(25-18-31(37(11,12)13)34(17-24(25)4)42-43(40)41)14-28(26-19-29(35(5,6)7)32(38)15-22(26)2)27-20-30(36(8,9)10)33(39)16-23(27)3/h15-21,28,38-41H,14H2,1-13H3. The average molecular weight is 609 g/mol. The minimum Gasteiger partial charge on any atom is -0.508 e. The Balaban J connectivity index is 2.29. The molecule has 3 rings (SSSR count).